The van der Waals surface area contributed by atoms with Crippen LogP contribution >= 0.6 is 8.61 Å². The van der Waals surface area contributed by atoms with E-state index >= 15 is 0 Å². The van der Waals surface area contributed by atoms with Crippen LogP contribution in [-0.4, -0.2) is 45.0 Å². The van der Waals surface area contributed by atoms with E-state index in [1.807, 2.05) is 43.3 Å². The van der Waals surface area contributed by atoms with Gasteiger partial charge in [0, 0.05) is 24.2 Å². The van der Waals surface area contributed by atoms with Crippen LogP contribution in [0.2, 0.25) is 0 Å². The largest absolute Gasteiger partial charge is 0.464 e. The van der Waals surface area contributed by atoms with Gasteiger partial charge in [-0.2, -0.15) is 0 Å². The average Bonchev–Trinajstić information content (AvgIpc) is 3.22. The van der Waals surface area contributed by atoms with Crippen molar-refractivity contribution in [2.45, 2.75) is 65.0 Å². The summed E-state index contributed by atoms with van der Waals surface area (Å²) in [5.41, 5.74) is 2.77. The second-order valence-electron chi connectivity index (χ2n) is 9.77. The summed E-state index contributed by atoms with van der Waals surface area (Å²) in [5.74, 6) is 0.114. The fourth-order valence-corrected chi connectivity index (χ4v) is 5.14. The number of carbonyl (C=O) groups is 2. The minimum absolute atomic E-state index is 0.149. The highest BCUT2D eigenvalue weighted by molar-refractivity contribution is 7.20. The lowest BCUT2D eigenvalue weighted by atomic mass is 10.0. The molecular weight excluding hydrogens is 473 g/mol. The molecule has 0 fully saturated rings. The van der Waals surface area contributed by atoms with Gasteiger partial charge in [0.2, 0.25) is 14.5 Å². The van der Waals surface area contributed by atoms with Gasteiger partial charge in [-0.1, -0.05) is 62.4 Å². The number of amides is 1. The SMILES string of the molecule is CC(C)C[C@@H](C(=O)N[C@H](C)Cc1cn(C(=O)O)c2ccccc12)N(CCCCc1ccccc1)P=O. The summed E-state index contributed by atoms with van der Waals surface area (Å²) in [6.07, 6.45) is 4.43. The number of aromatic nitrogens is 1. The molecule has 1 aromatic heterocycles. The van der Waals surface area contributed by atoms with E-state index in [9.17, 15) is 19.3 Å². The fraction of sp³-hybridized carbons (Fsp3) is 0.429. The zero-order chi connectivity index (χ0) is 26.1. The van der Waals surface area contributed by atoms with E-state index in [0.717, 1.165) is 30.2 Å². The molecule has 1 heterocycles. The molecule has 0 aliphatic carbocycles. The summed E-state index contributed by atoms with van der Waals surface area (Å²) in [4.78, 5) is 25.0. The monoisotopic (exact) mass is 509 g/mol. The molecule has 2 aromatic carbocycles. The highest BCUT2D eigenvalue weighted by Crippen LogP contribution is 2.24. The number of hydrogen-bond acceptors (Lipinski definition) is 3. The molecule has 0 bridgehead atoms. The maximum Gasteiger partial charge on any atom is 0.416 e. The van der Waals surface area contributed by atoms with E-state index in [-0.39, 0.29) is 26.5 Å². The van der Waals surface area contributed by atoms with Crippen molar-refractivity contribution >= 4 is 31.5 Å². The zero-order valence-corrected chi connectivity index (χ0v) is 22.2. The normalized spacial score (nSPS) is 13.4. The van der Waals surface area contributed by atoms with Crippen LogP contribution in [0.1, 0.15) is 51.2 Å². The number of carboxylic acid groups (broad SMARTS) is 1. The van der Waals surface area contributed by atoms with Crippen LogP contribution < -0.4 is 5.32 Å². The van der Waals surface area contributed by atoms with Crippen LogP contribution in [0.25, 0.3) is 10.9 Å². The van der Waals surface area contributed by atoms with Gasteiger partial charge in [-0.3, -0.25) is 13.9 Å². The lowest BCUT2D eigenvalue weighted by Gasteiger charge is -2.27. The fourth-order valence-electron chi connectivity index (χ4n) is 4.60. The molecular formula is C28H36N3O4P. The standard InChI is InChI=1S/C28H36N3O4P/c1-20(2)17-26(31(36-35)16-10-9-13-22-11-5-4-6-12-22)27(32)29-21(3)18-23-19-30(28(33)34)25-15-8-7-14-24(23)25/h4-8,11-12,14-15,19-21,26H,9-10,13,16-18H2,1-3H3,(H,29,32)(H,33,34)/t21-,26+/m1/s1. The Morgan fingerprint density at radius 3 is 2.39 bits per heavy atom. The van der Waals surface area contributed by atoms with Crippen molar-refractivity contribution in [3.8, 4) is 0 Å². The molecule has 8 heteroatoms. The summed E-state index contributed by atoms with van der Waals surface area (Å²) >= 11 is 0. The molecule has 0 radical (unpaired) electrons. The number of nitrogens with zero attached hydrogens (tertiary/aromatic N) is 2. The van der Waals surface area contributed by atoms with Gasteiger partial charge in [0.05, 0.1) is 11.6 Å². The Hall–Kier alpha value is -3.02. The third-order valence-electron chi connectivity index (χ3n) is 6.32. The topological polar surface area (TPSA) is 91.6 Å². The maximum absolute atomic E-state index is 13.3. The Bertz CT molecular complexity index is 1160. The highest BCUT2D eigenvalue weighted by atomic mass is 31.1. The van der Waals surface area contributed by atoms with Gasteiger partial charge < -0.3 is 10.4 Å². The number of rotatable bonds is 13. The van der Waals surface area contributed by atoms with Crippen LogP contribution in [0.4, 0.5) is 4.79 Å². The van der Waals surface area contributed by atoms with Crippen molar-refractivity contribution in [1.29, 1.82) is 0 Å². The third-order valence-corrected chi connectivity index (χ3v) is 7.01. The average molecular weight is 510 g/mol. The van der Waals surface area contributed by atoms with E-state index < -0.39 is 12.1 Å². The van der Waals surface area contributed by atoms with E-state index in [2.05, 4.69) is 31.3 Å². The second-order valence-corrected chi connectivity index (χ2v) is 10.4. The summed E-state index contributed by atoms with van der Waals surface area (Å²) < 4.78 is 15.0. The number of carbonyl (C=O) groups excluding carboxylic acids is 1. The van der Waals surface area contributed by atoms with Crippen molar-refractivity contribution in [3.05, 3.63) is 71.9 Å². The van der Waals surface area contributed by atoms with Crippen LogP contribution in [0, 0.1) is 5.92 Å². The molecule has 2 N–H and O–H groups in total. The molecule has 1 amide bonds. The number of unbranched alkanes of at least 4 members (excludes halogenated alkanes) is 1. The zero-order valence-electron chi connectivity index (χ0n) is 21.3. The molecule has 0 saturated carbocycles. The molecule has 36 heavy (non-hydrogen) atoms. The quantitative estimate of drug-likeness (QED) is 0.213. The van der Waals surface area contributed by atoms with Gasteiger partial charge in [0.15, 0.2) is 0 Å². The Morgan fingerprint density at radius 1 is 1.03 bits per heavy atom. The van der Waals surface area contributed by atoms with Crippen molar-refractivity contribution in [2.24, 2.45) is 5.92 Å². The Morgan fingerprint density at radius 2 is 1.72 bits per heavy atom. The Labute approximate surface area is 214 Å². The second kappa shape index (κ2) is 13.3. The van der Waals surface area contributed by atoms with Gasteiger partial charge in [-0.15, -0.1) is 0 Å². The maximum atomic E-state index is 13.3. The van der Waals surface area contributed by atoms with Gasteiger partial charge >= 0.3 is 6.09 Å². The number of aryl methyl sites for hydroxylation is 1. The number of nitrogens with one attached hydrogen (secondary N) is 1. The van der Waals surface area contributed by atoms with Crippen LogP contribution in [-0.2, 0) is 22.2 Å². The van der Waals surface area contributed by atoms with E-state index in [4.69, 9.17) is 0 Å². The minimum atomic E-state index is -1.04. The number of para-hydroxylation sites is 1. The molecule has 3 aromatic rings. The first-order valence-corrected chi connectivity index (χ1v) is 13.3. The molecule has 0 spiro atoms. The molecule has 0 saturated heterocycles. The first-order valence-electron chi connectivity index (χ1n) is 12.6. The summed E-state index contributed by atoms with van der Waals surface area (Å²) in [5, 5.41) is 13.5. The molecule has 192 valence electrons. The lowest BCUT2D eigenvalue weighted by Crippen LogP contribution is -2.47. The van der Waals surface area contributed by atoms with Crippen molar-refractivity contribution in [2.75, 3.05) is 6.54 Å². The van der Waals surface area contributed by atoms with Gasteiger partial charge in [0.25, 0.3) is 0 Å². The predicted molar refractivity (Wildman–Crippen MR) is 144 cm³/mol. The van der Waals surface area contributed by atoms with E-state index in [0.29, 0.717) is 24.9 Å². The third kappa shape index (κ3) is 7.49. The Kier molecular flexibility index (Phi) is 10.2. The smallest absolute Gasteiger partial charge is 0.416 e. The van der Waals surface area contributed by atoms with Gasteiger partial charge in [-0.05, 0) is 62.1 Å². The number of benzene rings is 2. The molecule has 0 aliphatic rings. The van der Waals surface area contributed by atoms with Crippen LogP contribution in [0.15, 0.2) is 60.8 Å². The lowest BCUT2D eigenvalue weighted by molar-refractivity contribution is -0.126. The van der Waals surface area contributed by atoms with Crippen molar-refractivity contribution < 1.29 is 19.3 Å². The predicted octanol–water partition coefficient (Wildman–Crippen LogP) is 6.16. The van der Waals surface area contributed by atoms with Crippen LogP contribution in [0.5, 0.6) is 0 Å². The van der Waals surface area contributed by atoms with Crippen molar-refractivity contribution in [3.63, 3.8) is 0 Å². The van der Waals surface area contributed by atoms with E-state index in [1.165, 1.54) is 10.1 Å². The van der Waals surface area contributed by atoms with Gasteiger partial charge in [-0.25, -0.2) is 9.46 Å². The molecule has 0 unspecified atom stereocenters. The molecule has 2 atom stereocenters. The minimum Gasteiger partial charge on any atom is -0.464 e. The van der Waals surface area contributed by atoms with Crippen LogP contribution in [0.3, 0.4) is 0 Å². The highest BCUT2D eigenvalue weighted by Gasteiger charge is 2.28. The number of fused-ring (bicyclic) bond motifs is 1. The summed E-state index contributed by atoms with van der Waals surface area (Å²) in [7, 11) is -0.151. The summed E-state index contributed by atoms with van der Waals surface area (Å²) in [6, 6.07) is 16.9. The Balaban J connectivity index is 1.63. The first-order chi connectivity index (χ1) is 17.3. The number of hydrogen-bond donors (Lipinski definition) is 2. The van der Waals surface area contributed by atoms with Gasteiger partial charge in [0.1, 0.15) is 0 Å². The molecule has 7 nitrogen and oxygen atoms in total. The van der Waals surface area contributed by atoms with Crippen molar-refractivity contribution in [1.82, 2.24) is 14.6 Å². The molecule has 3 rings (SSSR count). The van der Waals surface area contributed by atoms with E-state index in [1.54, 1.807) is 16.9 Å². The summed E-state index contributed by atoms with van der Waals surface area (Å²) in [6.45, 7) is 6.60. The first kappa shape index (κ1) is 27.6. The molecule has 0 aliphatic heterocycles.